The minimum atomic E-state index is 0.479. The Morgan fingerprint density at radius 1 is 1.05 bits per heavy atom. The van der Waals surface area contributed by atoms with E-state index in [0.29, 0.717) is 6.04 Å². The number of nitrogens with one attached hydrogen (secondary N) is 1. The van der Waals surface area contributed by atoms with Crippen molar-refractivity contribution in [2.24, 2.45) is 5.92 Å². The average Bonchev–Trinajstić information content (AvgIpc) is 2.45. The van der Waals surface area contributed by atoms with Crippen molar-refractivity contribution in [1.29, 1.82) is 0 Å². The molecule has 0 saturated carbocycles. The van der Waals surface area contributed by atoms with E-state index in [9.17, 15) is 0 Å². The van der Waals surface area contributed by atoms with Crippen LogP contribution in [-0.2, 0) is 0 Å². The van der Waals surface area contributed by atoms with Gasteiger partial charge in [-0.1, -0.05) is 46.5 Å². The molecular formula is C19H34N2. The molecule has 2 nitrogen and oxygen atoms in total. The van der Waals surface area contributed by atoms with Gasteiger partial charge in [-0.15, -0.1) is 0 Å². The third kappa shape index (κ3) is 6.60. The zero-order valence-corrected chi connectivity index (χ0v) is 14.7. The van der Waals surface area contributed by atoms with Crippen molar-refractivity contribution in [2.75, 3.05) is 6.54 Å². The van der Waals surface area contributed by atoms with Gasteiger partial charge < -0.3 is 5.32 Å². The first-order valence-electron chi connectivity index (χ1n) is 8.79. The van der Waals surface area contributed by atoms with Gasteiger partial charge in [-0.3, -0.25) is 4.98 Å². The lowest BCUT2D eigenvalue weighted by atomic mass is 9.89. The van der Waals surface area contributed by atoms with E-state index in [2.05, 4.69) is 57.1 Å². The van der Waals surface area contributed by atoms with Crippen molar-refractivity contribution in [2.45, 2.75) is 79.2 Å². The SMILES string of the molecule is CCCCC(CC)CC(NCCC)c1cc(C)nc(C)c1. The van der Waals surface area contributed by atoms with E-state index in [1.165, 1.54) is 44.1 Å². The summed E-state index contributed by atoms with van der Waals surface area (Å²) in [5, 5.41) is 3.75. The maximum atomic E-state index is 4.52. The molecule has 1 aromatic heterocycles. The number of pyridine rings is 1. The second-order valence-electron chi connectivity index (χ2n) is 6.34. The lowest BCUT2D eigenvalue weighted by molar-refractivity contribution is 0.353. The van der Waals surface area contributed by atoms with Gasteiger partial charge in [-0.25, -0.2) is 0 Å². The maximum absolute atomic E-state index is 4.52. The van der Waals surface area contributed by atoms with Gasteiger partial charge in [0.1, 0.15) is 0 Å². The Hall–Kier alpha value is -0.890. The third-order valence-corrected chi connectivity index (χ3v) is 4.26. The van der Waals surface area contributed by atoms with Crippen LogP contribution in [0.4, 0.5) is 0 Å². The number of nitrogens with zero attached hydrogens (tertiary/aromatic N) is 1. The number of hydrogen-bond donors (Lipinski definition) is 1. The Labute approximate surface area is 131 Å². The van der Waals surface area contributed by atoms with Crippen molar-refractivity contribution in [1.82, 2.24) is 10.3 Å². The first-order valence-corrected chi connectivity index (χ1v) is 8.79. The number of aromatic nitrogens is 1. The monoisotopic (exact) mass is 290 g/mol. The number of unbranched alkanes of at least 4 members (excludes halogenated alkanes) is 1. The van der Waals surface area contributed by atoms with Crippen LogP contribution >= 0.6 is 0 Å². The lowest BCUT2D eigenvalue weighted by Gasteiger charge is -2.25. The summed E-state index contributed by atoms with van der Waals surface area (Å²) >= 11 is 0. The topological polar surface area (TPSA) is 24.9 Å². The lowest BCUT2D eigenvalue weighted by Crippen LogP contribution is -2.25. The summed E-state index contributed by atoms with van der Waals surface area (Å²) in [7, 11) is 0. The van der Waals surface area contributed by atoms with E-state index in [-0.39, 0.29) is 0 Å². The molecule has 1 rings (SSSR count). The molecular weight excluding hydrogens is 256 g/mol. The highest BCUT2D eigenvalue weighted by atomic mass is 14.9. The van der Waals surface area contributed by atoms with Gasteiger partial charge in [0.2, 0.25) is 0 Å². The highest BCUT2D eigenvalue weighted by Gasteiger charge is 2.17. The van der Waals surface area contributed by atoms with Crippen molar-refractivity contribution < 1.29 is 0 Å². The summed E-state index contributed by atoms with van der Waals surface area (Å²) in [6, 6.07) is 4.99. The molecule has 1 N–H and O–H groups in total. The number of hydrogen-bond acceptors (Lipinski definition) is 2. The smallest absolute Gasteiger partial charge is 0.0379 e. The van der Waals surface area contributed by atoms with Crippen LogP contribution < -0.4 is 5.32 Å². The van der Waals surface area contributed by atoms with Crippen LogP contribution in [0.2, 0.25) is 0 Å². The molecule has 0 aliphatic rings. The van der Waals surface area contributed by atoms with Crippen molar-refractivity contribution >= 4 is 0 Å². The molecule has 0 aromatic carbocycles. The first kappa shape index (κ1) is 18.2. The molecule has 0 saturated heterocycles. The van der Waals surface area contributed by atoms with Crippen LogP contribution in [0.3, 0.4) is 0 Å². The maximum Gasteiger partial charge on any atom is 0.0379 e. The summed E-state index contributed by atoms with van der Waals surface area (Å²) in [6.07, 6.45) is 7.74. The van der Waals surface area contributed by atoms with Crippen molar-refractivity contribution in [3.05, 3.63) is 29.1 Å². The predicted octanol–water partition coefficient (Wildman–Crippen LogP) is 5.35. The first-order chi connectivity index (χ1) is 10.1. The molecule has 0 radical (unpaired) electrons. The number of rotatable bonds is 10. The molecule has 0 bridgehead atoms. The second kappa shape index (κ2) is 9.94. The highest BCUT2D eigenvalue weighted by molar-refractivity contribution is 5.23. The summed E-state index contributed by atoms with van der Waals surface area (Å²) in [5.74, 6) is 0.827. The molecule has 120 valence electrons. The largest absolute Gasteiger partial charge is 0.310 e. The summed E-state index contributed by atoms with van der Waals surface area (Å²) in [4.78, 5) is 4.52. The van der Waals surface area contributed by atoms with Crippen LogP contribution in [0.15, 0.2) is 12.1 Å². The molecule has 21 heavy (non-hydrogen) atoms. The normalized spacial score (nSPS) is 14.1. The fraction of sp³-hybridized carbons (Fsp3) is 0.737. The van der Waals surface area contributed by atoms with Crippen LogP contribution in [0.5, 0.6) is 0 Å². The molecule has 1 aromatic rings. The Kier molecular flexibility index (Phi) is 8.60. The fourth-order valence-corrected chi connectivity index (χ4v) is 3.04. The Morgan fingerprint density at radius 2 is 1.71 bits per heavy atom. The molecule has 0 aliphatic heterocycles. The van der Waals surface area contributed by atoms with Gasteiger partial charge in [0.25, 0.3) is 0 Å². The average molecular weight is 290 g/mol. The predicted molar refractivity (Wildman–Crippen MR) is 92.7 cm³/mol. The van der Waals surface area contributed by atoms with Gasteiger partial charge in [0, 0.05) is 17.4 Å². The molecule has 0 amide bonds. The molecule has 0 aliphatic carbocycles. The van der Waals surface area contributed by atoms with Crippen molar-refractivity contribution in [3.8, 4) is 0 Å². The molecule has 2 atom stereocenters. The molecule has 0 fully saturated rings. The van der Waals surface area contributed by atoms with Gasteiger partial charge in [-0.05, 0) is 56.8 Å². The minimum Gasteiger partial charge on any atom is -0.310 e. The zero-order valence-electron chi connectivity index (χ0n) is 14.7. The van der Waals surface area contributed by atoms with Crippen LogP contribution in [-0.4, -0.2) is 11.5 Å². The van der Waals surface area contributed by atoms with E-state index < -0.39 is 0 Å². The Morgan fingerprint density at radius 3 is 2.24 bits per heavy atom. The minimum absolute atomic E-state index is 0.479. The summed E-state index contributed by atoms with van der Waals surface area (Å²) < 4.78 is 0. The van der Waals surface area contributed by atoms with E-state index in [4.69, 9.17) is 0 Å². The Balaban J connectivity index is 2.82. The van der Waals surface area contributed by atoms with Gasteiger partial charge >= 0.3 is 0 Å². The standard InChI is InChI=1S/C19H34N2/c1-6-9-10-17(8-3)14-19(20-11-7-2)18-12-15(4)21-16(5)13-18/h12-13,17,19-20H,6-11,14H2,1-5H3. The summed E-state index contributed by atoms with van der Waals surface area (Å²) in [5.41, 5.74) is 3.69. The van der Waals surface area contributed by atoms with Gasteiger partial charge in [0.05, 0.1) is 0 Å². The van der Waals surface area contributed by atoms with E-state index in [1.807, 2.05) is 0 Å². The highest BCUT2D eigenvalue weighted by Crippen LogP contribution is 2.27. The van der Waals surface area contributed by atoms with Crippen LogP contribution in [0.1, 0.15) is 82.3 Å². The molecule has 2 unspecified atom stereocenters. The van der Waals surface area contributed by atoms with E-state index >= 15 is 0 Å². The van der Waals surface area contributed by atoms with Crippen molar-refractivity contribution in [3.63, 3.8) is 0 Å². The van der Waals surface area contributed by atoms with Gasteiger partial charge in [-0.2, -0.15) is 0 Å². The van der Waals surface area contributed by atoms with Crippen LogP contribution in [0.25, 0.3) is 0 Å². The zero-order chi connectivity index (χ0) is 15.7. The number of aryl methyl sites for hydroxylation is 2. The molecule has 2 heteroatoms. The summed E-state index contributed by atoms with van der Waals surface area (Å²) in [6.45, 7) is 12.1. The fourth-order valence-electron chi connectivity index (χ4n) is 3.04. The van der Waals surface area contributed by atoms with E-state index in [1.54, 1.807) is 0 Å². The Bertz CT molecular complexity index is 380. The van der Waals surface area contributed by atoms with Crippen LogP contribution in [0, 0.1) is 19.8 Å². The van der Waals surface area contributed by atoms with Gasteiger partial charge in [0.15, 0.2) is 0 Å². The quantitative estimate of drug-likeness (QED) is 0.628. The molecule has 1 heterocycles. The van der Waals surface area contributed by atoms with E-state index in [0.717, 1.165) is 23.9 Å². The second-order valence-corrected chi connectivity index (χ2v) is 6.34. The third-order valence-electron chi connectivity index (χ3n) is 4.26. The molecule has 0 spiro atoms.